The number of methoxy groups -OCH3 is 1. The molecule has 192 valence electrons. The standard InChI is InChI=1S/C29H35ClN2O4/c1-19(17-32-28(34)36-29(2,3)4)21-8-10-22(11-9-21)27(33)25-16-23(30)12-15-26(25)31-18-20-6-13-24(35-5)14-7-20/h6-16,19,27,31,33H,17-18H2,1-5H3,(H,32,34). The minimum absolute atomic E-state index is 0.0802. The molecule has 2 atom stereocenters. The molecule has 36 heavy (non-hydrogen) atoms. The van der Waals surface area contributed by atoms with Gasteiger partial charge in [-0.1, -0.05) is 54.9 Å². The fourth-order valence-electron chi connectivity index (χ4n) is 3.72. The maximum absolute atomic E-state index is 11.9. The van der Waals surface area contributed by atoms with Gasteiger partial charge in [-0.2, -0.15) is 0 Å². The average Bonchev–Trinajstić information content (AvgIpc) is 2.85. The van der Waals surface area contributed by atoms with Crippen molar-refractivity contribution < 1.29 is 19.4 Å². The Labute approximate surface area is 218 Å². The van der Waals surface area contributed by atoms with E-state index in [2.05, 4.69) is 10.6 Å². The lowest BCUT2D eigenvalue weighted by molar-refractivity contribution is 0.0525. The van der Waals surface area contributed by atoms with Crippen LogP contribution in [0.25, 0.3) is 0 Å². The second-order valence-corrected chi connectivity index (χ2v) is 10.2. The number of aliphatic hydroxyl groups is 1. The molecule has 0 spiro atoms. The molecule has 0 aromatic heterocycles. The third kappa shape index (κ3) is 7.90. The molecule has 2 unspecified atom stereocenters. The lowest BCUT2D eigenvalue weighted by atomic mass is 9.95. The van der Waals surface area contributed by atoms with Gasteiger partial charge in [-0.3, -0.25) is 0 Å². The SMILES string of the molecule is COc1ccc(CNc2ccc(Cl)cc2C(O)c2ccc(C(C)CNC(=O)OC(C)(C)C)cc2)cc1. The lowest BCUT2D eigenvalue weighted by Gasteiger charge is -2.21. The van der Waals surface area contributed by atoms with E-state index in [0.717, 1.165) is 28.1 Å². The Bertz CT molecular complexity index is 1140. The molecule has 0 aliphatic rings. The Morgan fingerprint density at radius 1 is 1.00 bits per heavy atom. The third-order valence-corrected chi connectivity index (χ3v) is 5.96. The summed E-state index contributed by atoms with van der Waals surface area (Å²) in [5.41, 5.74) is 3.86. The Hall–Kier alpha value is -3.22. The second-order valence-electron chi connectivity index (χ2n) is 9.79. The minimum atomic E-state index is -0.855. The number of anilines is 1. The first kappa shape index (κ1) is 27.4. The number of amides is 1. The normalized spacial score (nSPS) is 13.0. The lowest BCUT2D eigenvalue weighted by Crippen LogP contribution is -2.34. The summed E-state index contributed by atoms with van der Waals surface area (Å²) in [6.45, 7) is 8.57. The van der Waals surface area contributed by atoms with Crippen LogP contribution in [0.5, 0.6) is 5.75 Å². The van der Waals surface area contributed by atoms with Crippen LogP contribution in [0.1, 0.15) is 62.0 Å². The number of aliphatic hydroxyl groups excluding tert-OH is 1. The van der Waals surface area contributed by atoms with E-state index in [1.54, 1.807) is 19.2 Å². The number of carbonyl (C=O) groups is 1. The van der Waals surface area contributed by atoms with Gasteiger partial charge < -0.3 is 25.2 Å². The van der Waals surface area contributed by atoms with Crippen LogP contribution in [0, 0.1) is 0 Å². The van der Waals surface area contributed by atoms with Gasteiger partial charge in [0.05, 0.1) is 7.11 Å². The maximum Gasteiger partial charge on any atom is 0.407 e. The van der Waals surface area contributed by atoms with Crippen molar-refractivity contribution in [3.63, 3.8) is 0 Å². The van der Waals surface area contributed by atoms with Gasteiger partial charge in [0.1, 0.15) is 17.5 Å². The first-order valence-corrected chi connectivity index (χ1v) is 12.3. The molecular weight excluding hydrogens is 476 g/mol. The number of halogens is 1. The van der Waals surface area contributed by atoms with Gasteiger partial charge in [0.2, 0.25) is 0 Å². The average molecular weight is 511 g/mol. The Kier molecular flexibility index (Phi) is 9.24. The molecule has 7 heteroatoms. The first-order valence-electron chi connectivity index (χ1n) is 12.0. The van der Waals surface area contributed by atoms with Crippen LogP contribution in [-0.4, -0.2) is 30.5 Å². The summed E-state index contributed by atoms with van der Waals surface area (Å²) in [4.78, 5) is 11.9. The molecule has 0 radical (unpaired) electrons. The summed E-state index contributed by atoms with van der Waals surface area (Å²) < 4.78 is 10.5. The Morgan fingerprint density at radius 2 is 1.64 bits per heavy atom. The van der Waals surface area contributed by atoms with E-state index in [4.69, 9.17) is 21.1 Å². The zero-order chi connectivity index (χ0) is 26.3. The molecule has 3 aromatic carbocycles. The van der Waals surface area contributed by atoms with E-state index in [1.807, 2.05) is 82.3 Å². The summed E-state index contributed by atoms with van der Waals surface area (Å²) in [6.07, 6.45) is -1.29. The zero-order valence-electron chi connectivity index (χ0n) is 21.5. The number of hydrogen-bond donors (Lipinski definition) is 3. The Morgan fingerprint density at radius 3 is 2.25 bits per heavy atom. The number of nitrogens with one attached hydrogen (secondary N) is 2. The van der Waals surface area contributed by atoms with Crippen molar-refractivity contribution in [1.82, 2.24) is 5.32 Å². The van der Waals surface area contributed by atoms with E-state index < -0.39 is 17.8 Å². The number of ether oxygens (including phenoxy) is 2. The van der Waals surface area contributed by atoms with Crippen LogP contribution in [-0.2, 0) is 11.3 Å². The Balaban J connectivity index is 1.67. The topological polar surface area (TPSA) is 79.8 Å². The van der Waals surface area contributed by atoms with Crippen molar-refractivity contribution in [2.45, 2.75) is 51.9 Å². The maximum atomic E-state index is 11.9. The van der Waals surface area contributed by atoms with Gasteiger partial charge in [0, 0.05) is 29.4 Å². The predicted molar refractivity (Wildman–Crippen MR) is 145 cm³/mol. The fraction of sp³-hybridized carbons (Fsp3) is 0.345. The number of rotatable bonds is 9. The van der Waals surface area contributed by atoms with Gasteiger partial charge in [0.15, 0.2) is 0 Å². The molecule has 0 aliphatic heterocycles. The molecule has 0 bridgehead atoms. The summed E-state index contributed by atoms with van der Waals surface area (Å²) in [6, 6.07) is 21.0. The zero-order valence-corrected chi connectivity index (χ0v) is 22.2. The van der Waals surface area contributed by atoms with Crippen molar-refractivity contribution in [1.29, 1.82) is 0 Å². The minimum Gasteiger partial charge on any atom is -0.497 e. The molecule has 6 nitrogen and oxygen atoms in total. The van der Waals surface area contributed by atoms with Crippen LogP contribution < -0.4 is 15.4 Å². The highest BCUT2D eigenvalue weighted by molar-refractivity contribution is 6.30. The van der Waals surface area contributed by atoms with Gasteiger partial charge in [-0.15, -0.1) is 0 Å². The summed E-state index contributed by atoms with van der Waals surface area (Å²) in [5.74, 6) is 0.886. The van der Waals surface area contributed by atoms with Crippen molar-refractivity contribution in [2.75, 3.05) is 19.0 Å². The van der Waals surface area contributed by atoms with Crippen LogP contribution in [0.2, 0.25) is 5.02 Å². The monoisotopic (exact) mass is 510 g/mol. The number of carbonyl (C=O) groups excluding carboxylic acids is 1. The third-order valence-electron chi connectivity index (χ3n) is 5.72. The number of hydrogen-bond acceptors (Lipinski definition) is 5. The number of alkyl carbamates (subject to hydrolysis) is 1. The van der Waals surface area contributed by atoms with Gasteiger partial charge in [-0.25, -0.2) is 4.79 Å². The summed E-state index contributed by atoms with van der Waals surface area (Å²) >= 11 is 6.27. The molecule has 3 rings (SSSR count). The summed E-state index contributed by atoms with van der Waals surface area (Å²) in [5, 5.41) is 18.0. The van der Waals surface area contributed by atoms with Gasteiger partial charge in [-0.05, 0) is 73.7 Å². The van der Waals surface area contributed by atoms with Crippen LogP contribution in [0.15, 0.2) is 66.7 Å². The molecule has 0 saturated carbocycles. The van der Waals surface area contributed by atoms with E-state index in [1.165, 1.54) is 0 Å². The molecular formula is C29H35ClN2O4. The van der Waals surface area contributed by atoms with Crippen molar-refractivity contribution >= 4 is 23.4 Å². The molecule has 0 fully saturated rings. The van der Waals surface area contributed by atoms with E-state index >= 15 is 0 Å². The molecule has 0 saturated heterocycles. The quantitative estimate of drug-likeness (QED) is 0.299. The molecule has 3 aromatic rings. The smallest absolute Gasteiger partial charge is 0.407 e. The largest absolute Gasteiger partial charge is 0.497 e. The van der Waals surface area contributed by atoms with Crippen molar-refractivity contribution in [2.24, 2.45) is 0 Å². The second kappa shape index (κ2) is 12.2. The van der Waals surface area contributed by atoms with E-state index in [9.17, 15) is 9.90 Å². The predicted octanol–water partition coefficient (Wildman–Crippen LogP) is 6.67. The van der Waals surface area contributed by atoms with E-state index in [0.29, 0.717) is 23.7 Å². The van der Waals surface area contributed by atoms with Crippen molar-refractivity contribution in [3.8, 4) is 5.75 Å². The van der Waals surface area contributed by atoms with Gasteiger partial charge >= 0.3 is 6.09 Å². The van der Waals surface area contributed by atoms with Crippen LogP contribution >= 0.6 is 11.6 Å². The molecule has 1 amide bonds. The van der Waals surface area contributed by atoms with Crippen LogP contribution in [0.4, 0.5) is 10.5 Å². The highest BCUT2D eigenvalue weighted by Gasteiger charge is 2.18. The fourth-order valence-corrected chi connectivity index (χ4v) is 3.90. The van der Waals surface area contributed by atoms with Gasteiger partial charge in [0.25, 0.3) is 0 Å². The molecule has 3 N–H and O–H groups in total. The van der Waals surface area contributed by atoms with E-state index in [-0.39, 0.29) is 5.92 Å². The van der Waals surface area contributed by atoms with Crippen LogP contribution in [0.3, 0.4) is 0 Å². The highest BCUT2D eigenvalue weighted by Crippen LogP contribution is 2.32. The summed E-state index contributed by atoms with van der Waals surface area (Å²) in [7, 11) is 1.64. The highest BCUT2D eigenvalue weighted by atomic mass is 35.5. The first-order chi connectivity index (χ1) is 17.1. The number of benzene rings is 3. The molecule has 0 aliphatic carbocycles. The molecule has 0 heterocycles. The van der Waals surface area contributed by atoms with Crippen molar-refractivity contribution in [3.05, 3.63) is 94.0 Å².